The van der Waals surface area contributed by atoms with Crippen molar-refractivity contribution in [3.05, 3.63) is 10.2 Å². The Bertz CT molecular complexity index is 269. The van der Waals surface area contributed by atoms with Gasteiger partial charge in [0.15, 0.2) is 11.6 Å². The topological polar surface area (TPSA) is 69.1 Å². The van der Waals surface area contributed by atoms with E-state index in [-0.39, 0.29) is 17.4 Å². The van der Waals surface area contributed by atoms with Gasteiger partial charge in [0.1, 0.15) is 4.47 Å². The number of aromatic nitrogens is 1. The van der Waals surface area contributed by atoms with Crippen LogP contribution in [-0.2, 0) is 0 Å². The van der Waals surface area contributed by atoms with Crippen LogP contribution in [-0.4, -0.2) is 10.9 Å². The molecule has 4 nitrogen and oxygen atoms in total. The van der Waals surface area contributed by atoms with E-state index in [1.54, 1.807) is 0 Å². The third-order valence-corrected chi connectivity index (χ3v) is 1.75. The maximum absolute atomic E-state index is 10.7. The van der Waals surface area contributed by atoms with Crippen LogP contribution in [0.15, 0.2) is 9.00 Å². The van der Waals surface area contributed by atoms with Crippen LogP contribution < -0.4 is 5.73 Å². The number of anilines is 1. The van der Waals surface area contributed by atoms with Crippen LogP contribution in [0.2, 0.25) is 0 Å². The van der Waals surface area contributed by atoms with Crippen molar-refractivity contribution in [3.63, 3.8) is 0 Å². The van der Waals surface area contributed by atoms with Gasteiger partial charge in [0, 0.05) is 6.92 Å². The highest BCUT2D eigenvalue weighted by molar-refractivity contribution is 9.10. The number of nitrogens with two attached hydrogens (primary N) is 1. The van der Waals surface area contributed by atoms with Crippen molar-refractivity contribution >= 4 is 27.5 Å². The smallest absolute Gasteiger partial charge is 0.218 e. The Hall–Kier alpha value is -0.840. The third kappa shape index (κ3) is 1.04. The first-order chi connectivity index (χ1) is 4.63. The molecule has 54 valence electrons. The van der Waals surface area contributed by atoms with Crippen molar-refractivity contribution in [2.75, 3.05) is 5.73 Å². The minimum absolute atomic E-state index is 0.164. The van der Waals surface area contributed by atoms with Crippen molar-refractivity contribution in [2.45, 2.75) is 6.92 Å². The van der Waals surface area contributed by atoms with Crippen molar-refractivity contribution in [3.8, 4) is 0 Å². The second-order valence-electron chi connectivity index (χ2n) is 1.77. The molecule has 0 unspecified atom stereocenters. The summed E-state index contributed by atoms with van der Waals surface area (Å²) in [5, 5.41) is 3.37. The Morgan fingerprint density at radius 3 is 2.60 bits per heavy atom. The Labute approximate surface area is 65.5 Å². The number of nitrogen functional groups attached to an aromatic ring is 1. The van der Waals surface area contributed by atoms with Crippen LogP contribution in [0, 0.1) is 0 Å². The molecule has 0 saturated heterocycles. The van der Waals surface area contributed by atoms with Crippen molar-refractivity contribution in [1.82, 2.24) is 5.16 Å². The number of rotatable bonds is 1. The van der Waals surface area contributed by atoms with Gasteiger partial charge in [-0.25, -0.2) is 0 Å². The summed E-state index contributed by atoms with van der Waals surface area (Å²) in [4.78, 5) is 10.7. The maximum Gasteiger partial charge on any atom is 0.218 e. The normalized spacial score (nSPS) is 9.80. The largest absolute Gasteiger partial charge is 0.380 e. The first-order valence-corrected chi connectivity index (χ1v) is 3.34. The highest BCUT2D eigenvalue weighted by Gasteiger charge is 2.13. The average molecular weight is 205 g/mol. The highest BCUT2D eigenvalue weighted by Crippen LogP contribution is 2.22. The van der Waals surface area contributed by atoms with Gasteiger partial charge in [0.05, 0.1) is 0 Å². The fourth-order valence-corrected chi connectivity index (χ4v) is 0.934. The molecule has 0 aliphatic heterocycles. The predicted octanol–water partition coefficient (Wildman–Crippen LogP) is 1.22. The highest BCUT2D eigenvalue weighted by atomic mass is 79.9. The Kier molecular flexibility index (Phi) is 1.76. The summed E-state index contributed by atoms with van der Waals surface area (Å²) in [6.45, 7) is 1.38. The molecule has 1 rings (SSSR count). The minimum Gasteiger partial charge on any atom is -0.380 e. The first-order valence-electron chi connectivity index (χ1n) is 2.54. The first kappa shape index (κ1) is 7.27. The van der Waals surface area contributed by atoms with Crippen LogP contribution in [0.4, 0.5) is 5.82 Å². The summed E-state index contributed by atoms with van der Waals surface area (Å²) >= 11 is 3.05. The minimum atomic E-state index is -0.198. The fraction of sp³-hybridized carbons (Fsp3) is 0.200. The zero-order chi connectivity index (χ0) is 7.72. The number of Topliss-reactive ketones (excluding diaryl/α,β-unsaturated/α-hetero) is 1. The molecule has 0 bridgehead atoms. The van der Waals surface area contributed by atoms with Gasteiger partial charge in [-0.2, -0.15) is 0 Å². The lowest BCUT2D eigenvalue weighted by molar-refractivity contribution is 0.0977. The standard InChI is InChI=1S/C5H5BrN2O2/c1-2(9)4-3(6)5(7)8-10-4/h1H3,(H2,7,8). The van der Waals surface area contributed by atoms with Crippen molar-refractivity contribution in [2.24, 2.45) is 0 Å². The summed E-state index contributed by atoms with van der Waals surface area (Å²) in [5.74, 6) is 0.166. The molecule has 1 aromatic heterocycles. The van der Waals surface area contributed by atoms with Crippen molar-refractivity contribution in [1.29, 1.82) is 0 Å². The molecule has 1 aromatic rings. The van der Waals surface area contributed by atoms with Gasteiger partial charge in [-0.15, -0.1) is 0 Å². The van der Waals surface area contributed by atoms with E-state index in [1.807, 2.05) is 0 Å². The lowest BCUT2D eigenvalue weighted by Gasteiger charge is -1.84. The zero-order valence-corrected chi connectivity index (χ0v) is 6.81. The van der Waals surface area contributed by atoms with Crippen LogP contribution in [0.3, 0.4) is 0 Å². The van der Waals surface area contributed by atoms with Crippen LogP contribution in [0.25, 0.3) is 0 Å². The number of carbonyl (C=O) groups is 1. The molecule has 1 heterocycles. The maximum atomic E-state index is 10.7. The van der Waals surface area contributed by atoms with E-state index >= 15 is 0 Å². The number of hydrogen-bond donors (Lipinski definition) is 1. The molecule has 0 spiro atoms. The quantitative estimate of drug-likeness (QED) is 0.699. The molecular weight excluding hydrogens is 200 g/mol. The zero-order valence-electron chi connectivity index (χ0n) is 5.22. The Morgan fingerprint density at radius 1 is 1.80 bits per heavy atom. The number of nitrogens with zero attached hydrogens (tertiary/aromatic N) is 1. The van der Waals surface area contributed by atoms with Gasteiger partial charge in [-0.3, -0.25) is 4.79 Å². The predicted molar refractivity (Wildman–Crippen MR) is 38.6 cm³/mol. The summed E-state index contributed by atoms with van der Waals surface area (Å²) in [6.07, 6.45) is 0. The molecule has 2 N–H and O–H groups in total. The van der Waals surface area contributed by atoms with Gasteiger partial charge in [0.25, 0.3) is 0 Å². The number of ketones is 1. The molecule has 0 aliphatic carbocycles. The SMILES string of the molecule is CC(=O)c1onc(N)c1Br. The van der Waals surface area contributed by atoms with E-state index in [9.17, 15) is 4.79 Å². The van der Waals surface area contributed by atoms with Gasteiger partial charge in [0.2, 0.25) is 5.76 Å². The van der Waals surface area contributed by atoms with Crippen LogP contribution in [0.1, 0.15) is 17.5 Å². The summed E-state index contributed by atoms with van der Waals surface area (Å²) in [5.41, 5.74) is 5.27. The molecule has 5 heteroatoms. The Morgan fingerprint density at radius 2 is 2.40 bits per heavy atom. The van der Waals surface area contributed by atoms with Crippen molar-refractivity contribution < 1.29 is 9.32 Å². The van der Waals surface area contributed by atoms with Gasteiger partial charge < -0.3 is 10.3 Å². The molecule has 10 heavy (non-hydrogen) atoms. The number of carbonyl (C=O) groups excluding carboxylic acids is 1. The lowest BCUT2D eigenvalue weighted by Crippen LogP contribution is -1.90. The van der Waals surface area contributed by atoms with E-state index in [1.165, 1.54) is 6.92 Å². The van der Waals surface area contributed by atoms with E-state index < -0.39 is 0 Å². The summed E-state index contributed by atoms with van der Waals surface area (Å²) in [6, 6.07) is 0. The molecule has 0 atom stereocenters. The molecular formula is C5H5BrN2O2. The molecule has 0 radical (unpaired) electrons. The monoisotopic (exact) mass is 204 g/mol. The Balaban J connectivity index is 3.17. The van der Waals surface area contributed by atoms with Gasteiger partial charge in [-0.1, -0.05) is 5.16 Å². The summed E-state index contributed by atoms with van der Waals surface area (Å²) in [7, 11) is 0. The second-order valence-corrected chi connectivity index (χ2v) is 2.56. The van der Waals surface area contributed by atoms with Gasteiger partial charge in [-0.05, 0) is 15.9 Å². The molecule has 0 fully saturated rings. The van der Waals surface area contributed by atoms with E-state index in [0.29, 0.717) is 4.47 Å². The second kappa shape index (κ2) is 2.42. The number of halogens is 1. The molecule has 0 aliphatic rings. The van der Waals surface area contributed by atoms with Crippen LogP contribution >= 0.6 is 15.9 Å². The van der Waals surface area contributed by atoms with Gasteiger partial charge >= 0.3 is 0 Å². The van der Waals surface area contributed by atoms with E-state index in [0.717, 1.165) is 0 Å². The average Bonchev–Trinajstić information content (AvgIpc) is 2.14. The lowest BCUT2D eigenvalue weighted by atomic mass is 10.3. The van der Waals surface area contributed by atoms with E-state index in [4.69, 9.17) is 5.73 Å². The van der Waals surface area contributed by atoms with Crippen LogP contribution in [0.5, 0.6) is 0 Å². The molecule has 0 amide bonds. The molecule has 0 saturated carbocycles. The third-order valence-electron chi connectivity index (χ3n) is 0.979. The fourth-order valence-electron chi connectivity index (χ4n) is 0.510. The van der Waals surface area contributed by atoms with E-state index in [2.05, 4.69) is 25.6 Å². The molecule has 0 aromatic carbocycles. The summed E-state index contributed by atoms with van der Waals surface area (Å²) < 4.78 is 5.02. The number of hydrogen-bond acceptors (Lipinski definition) is 4.